The number of rotatable bonds is 12. The predicted octanol–water partition coefficient (Wildman–Crippen LogP) is 24.3. The van der Waals surface area contributed by atoms with Crippen molar-refractivity contribution in [3.63, 3.8) is 0 Å². The Balaban J connectivity index is 0.775. The third-order valence-electron chi connectivity index (χ3n) is 18.3. The molecule has 2 heteroatoms. The summed E-state index contributed by atoms with van der Waals surface area (Å²) < 4.78 is 0. The molecule has 0 aliphatic rings. The highest BCUT2D eigenvalue weighted by Crippen LogP contribution is 2.56. The summed E-state index contributed by atoms with van der Waals surface area (Å²) in [6, 6.07) is 120. The van der Waals surface area contributed by atoms with Crippen molar-refractivity contribution in [3.05, 3.63) is 339 Å². The maximum absolute atomic E-state index is 5.05. The molecule has 0 aliphatic carbocycles. The van der Waals surface area contributed by atoms with E-state index < -0.39 is 0 Å². The van der Waals surface area contributed by atoms with E-state index in [0.29, 0.717) is 0 Å². The van der Waals surface area contributed by atoms with E-state index in [0.717, 1.165) is 78.1 Å². The molecule has 0 amide bonds. The molecule has 0 radical (unpaired) electrons. The zero-order chi connectivity index (χ0) is 59.5. The van der Waals surface area contributed by atoms with Crippen molar-refractivity contribution >= 4 is 88.4 Å². The summed E-state index contributed by atoms with van der Waals surface area (Å²) in [5.41, 5.74) is 22.4. The first kappa shape index (κ1) is 52.5. The second kappa shape index (κ2) is 22.1. The minimum absolute atomic E-state index is 0.905. The molecule has 90 heavy (non-hydrogen) atoms. The quantitative estimate of drug-likeness (QED) is 0.0860. The first-order chi connectivity index (χ1) is 44.6. The van der Waals surface area contributed by atoms with Gasteiger partial charge in [-0.25, -0.2) is 0 Å². The van der Waals surface area contributed by atoms with Gasteiger partial charge in [-0.1, -0.05) is 303 Å². The van der Waals surface area contributed by atoms with Gasteiger partial charge >= 0.3 is 0 Å². The van der Waals surface area contributed by atoms with E-state index in [2.05, 4.69) is 328 Å². The fourth-order valence-electron chi connectivity index (χ4n) is 14.1. The summed E-state index contributed by atoms with van der Waals surface area (Å²) in [5, 5.41) is 15.2. The zero-order valence-corrected chi connectivity index (χ0v) is 49.2. The van der Waals surface area contributed by atoms with Crippen LogP contribution in [0.15, 0.2) is 338 Å². The molecule has 2 nitrogen and oxygen atoms in total. The average Bonchev–Trinajstić information content (AvgIpc) is 0.823. The minimum Gasteiger partial charge on any atom is -0.256 e. The largest absolute Gasteiger partial charge is 0.256 e. The van der Waals surface area contributed by atoms with Crippen LogP contribution < -0.4 is 0 Å². The van der Waals surface area contributed by atoms with Crippen LogP contribution >= 0.6 is 0 Å². The SMILES string of the molecule is C(=Nc1ccc(-c2ccc(-c3c(-c4ccccc4)c(-c4ccccc4)c(-c4ccccc4)c(-c4ccccc4)c3-c3ccc(-c4ccc(N=Cc5ccc6ccc7cccc8ccc5c6c78)cc4)cc3)cc2)cc1)c1ccc2ccc3cccc4ccc1c2c34. The van der Waals surface area contributed by atoms with E-state index in [4.69, 9.17) is 9.98 Å². The molecule has 0 spiro atoms. The van der Waals surface area contributed by atoms with Gasteiger partial charge in [-0.05, 0) is 178 Å². The summed E-state index contributed by atoms with van der Waals surface area (Å²) in [4.78, 5) is 10.1. The van der Waals surface area contributed by atoms with Crippen LogP contribution in [-0.2, 0) is 0 Å². The topological polar surface area (TPSA) is 24.7 Å². The summed E-state index contributed by atoms with van der Waals surface area (Å²) in [5.74, 6) is 0. The van der Waals surface area contributed by atoms with Crippen molar-refractivity contribution in [3.8, 4) is 89.0 Å². The molecule has 0 fully saturated rings. The zero-order valence-electron chi connectivity index (χ0n) is 49.2. The van der Waals surface area contributed by atoms with Crippen molar-refractivity contribution in [1.82, 2.24) is 0 Å². The van der Waals surface area contributed by atoms with Gasteiger partial charge in [-0.3, -0.25) is 9.98 Å². The molecule has 17 aromatic rings. The Morgan fingerprint density at radius 1 is 0.167 bits per heavy atom. The van der Waals surface area contributed by atoms with Crippen LogP contribution in [0, 0.1) is 0 Å². The Hall–Kier alpha value is -11.8. The number of hydrogen-bond donors (Lipinski definition) is 0. The van der Waals surface area contributed by atoms with Crippen LogP contribution in [0.25, 0.3) is 154 Å². The van der Waals surface area contributed by atoms with Crippen LogP contribution in [0.4, 0.5) is 11.4 Å². The van der Waals surface area contributed by atoms with E-state index in [-0.39, 0.29) is 0 Å². The Bertz CT molecular complexity index is 5180. The Kier molecular flexibility index (Phi) is 12.9. The highest BCUT2D eigenvalue weighted by atomic mass is 14.7. The van der Waals surface area contributed by atoms with E-state index in [9.17, 15) is 0 Å². The van der Waals surface area contributed by atoms with Gasteiger partial charge in [-0.2, -0.15) is 0 Å². The van der Waals surface area contributed by atoms with Crippen molar-refractivity contribution in [2.75, 3.05) is 0 Å². The lowest BCUT2D eigenvalue weighted by Crippen LogP contribution is -2.02. The third kappa shape index (κ3) is 9.21. The average molecular weight is 1140 g/mol. The van der Waals surface area contributed by atoms with Crippen LogP contribution in [0.2, 0.25) is 0 Å². The van der Waals surface area contributed by atoms with Crippen molar-refractivity contribution in [2.24, 2.45) is 9.98 Å². The van der Waals surface area contributed by atoms with E-state index >= 15 is 0 Å². The molecule has 0 aliphatic heterocycles. The van der Waals surface area contributed by atoms with Gasteiger partial charge in [0.25, 0.3) is 0 Å². The Morgan fingerprint density at radius 2 is 0.400 bits per heavy atom. The van der Waals surface area contributed by atoms with Crippen molar-refractivity contribution in [1.29, 1.82) is 0 Å². The maximum atomic E-state index is 5.05. The molecule has 0 N–H and O–H groups in total. The molecule has 17 aromatic carbocycles. The number of benzene rings is 17. The van der Waals surface area contributed by atoms with Gasteiger partial charge in [0.2, 0.25) is 0 Å². The van der Waals surface area contributed by atoms with Crippen LogP contribution in [-0.4, -0.2) is 12.4 Å². The first-order valence-electron chi connectivity index (χ1n) is 30.9. The number of nitrogens with zero attached hydrogens (tertiary/aromatic N) is 2. The third-order valence-corrected chi connectivity index (χ3v) is 18.3. The molecular formula is C88H56N2. The van der Waals surface area contributed by atoms with Crippen LogP contribution in [0.3, 0.4) is 0 Å². The van der Waals surface area contributed by atoms with Gasteiger partial charge in [-0.15, -0.1) is 0 Å². The lowest BCUT2D eigenvalue weighted by molar-refractivity contribution is 1.50. The Morgan fingerprint density at radius 3 is 0.700 bits per heavy atom. The second-order valence-electron chi connectivity index (χ2n) is 23.5. The molecule has 0 heterocycles. The maximum Gasteiger partial charge on any atom is 0.0630 e. The first-order valence-corrected chi connectivity index (χ1v) is 30.9. The standard InChI is InChI=1S/C88H56N2/c1-5-15-61(16-6-1)83-84(62-17-7-2-8-18-62)86(64-21-11-4-12-22-64)88(72-33-29-58(30-34-72)60-45-51-76(52-46-60)90-56-74-42-40-70-38-36-66-24-14-26-68-48-54-78(74)82(70)80(66)68)87(85(83)63-19-9-3-10-20-63)71-31-27-57(28-32-71)59-43-49-75(50-44-59)89-55-73-41-39-69-37-35-65-23-13-25-67-47-53-77(73)81(69)79(65)67/h1-56H. The molecule has 0 saturated heterocycles. The fraction of sp³-hybridized carbons (Fsp3) is 0. The normalized spacial score (nSPS) is 11.9. The molecule has 0 unspecified atom stereocenters. The molecule has 0 bridgehead atoms. The smallest absolute Gasteiger partial charge is 0.0630 e. The number of aliphatic imine (C=N–C) groups is 2. The van der Waals surface area contributed by atoms with Gasteiger partial charge in [0.15, 0.2) is 0 Å². The lowest BCUT2D eigenvalue weighted by atomic mass is 9.74. The summed E-state index contributed by atoms with van der Waals surface area (Å²) in [6.07, 6.45) is 4.04. The van der Waals surface area contributed by atoms with E-state index in [1.165, 1.54) is 98.0 Å². The van der Waals surface area contributed by atoms with Gasteiger partial charge in [0.05, 0.1) is 11.4 Å². The fourth-order valence-corrected chi connectivity index (χ4v) is 14.1. The van der Waals surface area contributed by atoms with E-state index in [1.807, 2.05) is 12.4 Å². The van der Waals surface area contributed by atoms with Crippen molar-refractivity contribution < 1.29 is 0 Å². The molecule has 0 aromatic heterocycles. The summed E-state index contributed by atoms with van der Waals surface area (Å²) >= 11 is 0. The van der Waals surface area contributed by atoms with Gasteiger partial charge < -0.3 is 0 Å². The molecular weight excluding hydrogens is 1080 g/mol. The highest BCUT2D eigenvalue weighted by molar-refractivity contribution is 6.27. The molecule has 17 rings (SSSR count). The second-order valence-corrected chi connectivity index (χ2v) is 23.5. The highest BCUT2D eigenvalue weighted by Gasteiger charge is 2.29. The van der Waals surface area contributed by atoms with E-state index in [1.54, 1.807) is 0 Å². The van der Waals surface area contributed by atoms with Crippen LogP contribution in [0.1, 0.15) is 11.1 Å². The monoisotopic (exact) mass is 1140 g/mol. The summed E-state index contributed by atoms with van der Waals surface area (Å²) in [6.45, 7) is 0. The summed E-state index contributed by atoms with van der Waals surface area (Å²) in [7, 11) is 0. The molecule has 0 saturated carbocycles. The predicted molar refractivity (Wildman–Crippen MR) is 385 cm³/mol. The number of hydrogen-bond acceptors (Lipinski definition) is 2. The van der Waals surface area contributed by atoms with Gasteiger partial charge in [0.1, 0.15) is 0 Å². The van der Waals surface area contributed by atoms with Crippen LogP contribution in [0.5, 0.6) is 0 Å². The molecule has 0 atom stereocenters. The van der Waals surface area contributed by atoms with Gasteiger partial charge in [0, 0.05) is 23.6 Å². The lowest BCUT2D eigenvalue weighted by Gasteiger charge is -2.29. The Labute approximate surface area is 523 Å². The van der Waals surface area contributed by atoms with Crippen molar-refractivity contribution in [2.45, 2.75) is 0 Å². The minimum atomic E-state index is 0.905. The molecule has 418 valence electrons.